The minimum absolute atomic E-state index is 0.124. The molecule has 0 atom stereocenters. The normalized spacial score (nSPS) is 11.9. The fourth-order valence-corrected chi connectivity index (χ4v) is 5.89. The van der Waals surface area contributed by atoms with E-state index in [0.29, 0.717) is 34.3 Å². The minimum Gasteiger partial charge on any atom is -0.278 e. The Morgan fingerprint density at radius 3 is 3.00 bits per heavy atom. The summed E-state index contributed by atoms with van der Waals surface area (Å²) in [4.78, 5) is 7.24. The van der Waals surface area contributed by atoms with Crippen molar-refractivity contribution in [2.45, 2.75) is 17.9 Å². The van der Waals surface area contributed by atoms with E-state index in [1.165, 1.54) is 40.1 Å². The van der Waals surface area contributed by atoms with Crippen LogP contribution < -0.4 is 0 Å². The number of halogens is 2. The third kappa shape index (κ3) is 3.02. The fourth-order valence-electron chi connectivity index (χ4n) is 3.08. The Morgan fingerprint density at radius 2 is 2.21 bits per heavy atom. The van der Waals surface area contributed by atoms with Crippen molar-refractivity contribution >= 4 is 48.8 Å². The summed E-state index contributed by atoms with van der Waals surface area (Å²) in [5, 5.41) is 5.39. The highest BCUT2D eigenvalue weighted by Gasteiger charge is 2.29. The molecule has 0 spiro atoms. The smallest absolute Gasteiger partial charge is 0.278 e. The second-order valence-corrected chi connectivity index (χ2v) is 8.90. The number of azide groups is 1. The van der Waals surface area contributed by atoms with Crippen molar-refractivity contribution in [3.8, 4) is 0 Å². The van der Waals surface area contributed by atoms with Crippen molar-refractivity contribution in [2.24, 2.45) is 5.11 Å². The van der Waals surface area contributed by atoms with Crippen molar-refractivity contribution in [3.63, 3.8) is 0 Å². The van der Waals surface area contributed by atoms with Gasteiger partial charge in [0.2, 0.25) is 5.03 Å². The monoisotopic (exact) mass is 438 g/mol. The Morgan fingerprint density at radius 1 is 1.39 bits per heavy atom. The van der Waals surface area contributed by atoms with Crippen LogP contribution in [0.1, 0.15) is 12.0 Å². The van der Waals surface area contributed by atoms with E-state index in [9.17, 15) is 12.8 Å². The fraction of sp³-hybridized carbons (Fsp3) is 0.188. The molecule has 1 aromatic carbocycles. The van der Waals surface area contributed by atoms with Crippen LogP contribution in [0.3, 0.4) is 0 Å². The van der Waals surface area contributed by atoms with Gasteiger partial charge in [0.05, 0.1) is 5.52 Å². The number of benzene rings is 1. The van der Waals surface area contributed by atoms with E-state index in [-0.39, 0.29) is 16.7 Å². The molecule has 0 saturated carbocycles. The first-order valence-corrected chi connectivity index (χ1v) is 10.8. The van der Waals surface area contributed by atoms with Crippen molar-refractivity contribution in [3.05, 3.63) is 62.9 Å². The van der Waals surface area contributed by atoms with Gasteiger partial charge in [0, 0.05) is 34.6 Å². The number of imidazole rings is 1. The SMILES string of the molecule is [N-]=[N+]=NCCCc1cn(S(=O)(=O)c2c(Cl)nc3sccn23)c2ccc(F)cc12. The van der Waals surface area contributed by atoms with Gasteiger partial charge < -0.3 is 0 Å². The summed E-state index contributed by atoms with van der Waals surface area (Å²) in [5.74, 6) is -0.471. The zero-order valence-corrected chi connectivity index (χ0v) is 16.5. The summed E-state index contributed by atoms with van der Waals surface area (Å²) >= 11 is 7.39. The number of fused-ring (bicyclic) bond motifs is 2. The maximum Gasteiger partial charge on any atom is 0.287 e. The Balaban J connectivity index is 1.89. The molecule has 12 heteroatoms. The van der Waals surface area contributed by atoms with Crippen LogP contribution in [0.15, 0.2) is 46.1 Å². The van der Waals surface area contributed by atoms with E-state index in [1.54, 1.807) is 11.6 Å². The molecule has 0 amide bonds. The Hall–Kier alpha value is -2.59. The van der Waals surface area contributed by atoms with E-state index in [2.05, 4.69) is 15.0 Å². The Kier molecular flexibility index (Phi) is 4.76. The largest absolute Gasteiger partial charge is 0.287 e. The van der Waals surface area contributed by atoms with Gasteiger partial charge in [0.25, 0.3) is 10.0 Å². The van der Waals surface area contributed by atoms with Crippen LogP contribution in [0.5, 0.6) is 0 Å². The number of aryl methyl sites for hydroxylation is 1. The van der Waals surface area contributed by atoms with Crippen molar-refractivity contribution in [1.82, 2.24) is 13.4 Å². The first kappa shape index (κ1) is 18.8. The second kappa shape index (κ2) is 7.10. The molecular formula is C16H12ClFN6O2S2. The molecule has 0 fully saturated rings. The molecule has 144 valence electrons. The third-order valence-electron chi connectivity index (χ3n) is 4.26. The van der Waals surface area contributed by atoms with Crippen LogP contribution in [-0.2, 0) is 16.4 Å². The Labute approximate surface area is 167 Å². The average Bonchev–Trinajstić information content (AvgIpc) is 3.31. The maximum absolute atomic E-state index is 13.8. The number of thiazole rings is 1. The van der Waals surface area contributed by atoms with Crippen LogP contribution in [0.2, 0.25) is 5.15 Å². The summed E-state index contributed by atoms with van der Waals surface area (Å²) in [6, 6.07) is 3.91. The Bertz CT molecular complexity index is 1350. The summed E-state index contributed by atoms with van der Waals surface area (Å²) < 4.78 is 43.1. The van der Waals surface area contributed by atoms with Crippen LogP contribution in [0, 0.1) is 5.82 Å². The average molecular weight is 439 g/mol. The van der Waals surface area contributed by atoms with Crippen LogP contribution in [0.25, 0.3) is 26.3 Å². The highest BCUT2D eigenvalue weighted by molar-refractivity contribution is 7.90. The standard InChI is InChI=1S/C16H12ClFN6O2S2/c17-14-15(23-6-7-27-16(23)21-14)28(25,26)24-9-10(2-1-5-20-22-19)12-8-11(18)3-4-13(12)24/h3-4,6-9H,1-2,5H2. The molecule has 4 aromatic rings. The van der Waals surface area contributed by atoms with Gasteiger partial charge in [-0.2, -0.15) is 8.42 Å². The van der Waals surface area contributed by atoms with Gasteiger partial charge in [0.15, 0.2) is 10.1 Å². The van der Waals surface area contributed by atoms with Crippen molar-refractivity contribution in [2.75, 3.05) is 6.54 Å². The molecule has 0 unspecified atom stereocenters. The molecular weight excluding hydrogens is 427 g/mol. The lowest BCUT2D eigenvalue weighted by molar-refractivity contribution is 0.584. The van der Waals surface area contributed by atoms with E-state index in [0.717, 1.165) is 3.97 Å². The van der Waals surface area contributed by atoms with Gasteiger partial charge in [-0.1, -0.05) is 16.7 Å². The van der Waals surface area contributed by atoms with Crippen molar-refractivity contribution in [1.29, 1.82) is 0 Å². The highest BCUT2D eigenvalue weighted by Crippen LogP contribution is 2.31. The zero-order valence-electron chi connectivity index (χ0n) is 14.2. The third-order valence-corrected chi connectivity index (χ3v) is 7.10. The highest BCUT2D eigenvalue weighted by atomic mass is 35.5. The molecule has 0 bridgehead atoms. The van der Waals surface area contributed by atoms with Crippen molar-refractivity contribution < 1.29 is 12.8 Å². The van der Waals surface area contributed by atoms with Crippen LogP contribution in [-0.4, -0.2) is 28.3 Å². The predicted octanol–water partition coefficient (Wildman–Crippen LogP) is 4.62. The van der Waals surface area contributed by atoms with E-state index < -0.39 is 15.8 Å². The topological polar surface area (TPSA) is 105 Å². The number of hydrogen-bond donors (Lipinski definition) is 0. The van der Waals surface area contributed by atoms with E-state index in [4.69, 9.17) is 17.1 Å². The quantitative estimate of drug-likeness (QED) is 0.190. The molecule has 0 aliphatic rings. The lowest BCUT2D eigenvalue weighted by atomic mass is 10.1. The number of hydrogen-bond acceptors (Lipinski definition) is 5. The van der Waals surface area contributed by atoms with Crippen LogP contribution >= 0.6 is 22.9 Å². The number of aromatic nitrogens is 3. The lowest BCUT2D eigenvalue weighted by Gasteiger charge is -2.07. The minimum atomic E-state index is -4.09. The maximum atomic E-state index is 13.8. The lowest BCUT2D eigenvalue weighted by Crippen LogP contribution is -2.14. The van der Waals surface area contributed by atoms with Crippen LogP contribution in [0.4, 0.5) is 4.39 Å². The molecule has 0 aliphatic heterocycles. The van der Waals surface area contributed by atoms with E-state index in [1.807, 2.05) is 0 Å². The molecule has 0 N–H and O–H groups in total. The molecule has 3 heterocycles. The first-order valence-electron chi connectivity index (χ1n) is 8.10. The molecule has 0 aliphatic carbocycles. The summed E-state index contributed by atoms with van der Waals surface area (Å²) in [5.41, 5.74) is 9.36. The predicted molar refractivity (Wildman–Crippen MR) is 105 cm³/mol. The van der Waals surface area contributed by atoms with Gasteiger partial charge in [-0.15, -0.1) is 11.3 Å². The number of nitrogens with zero attached hydrogens (tertiary/aromatic N) is 6. The second-order valence-electron chi connectivity index (χ2n) is 5.94. The summed E-state index contributed by atoms with van der Waals surface area (Å²) in [6.07, 6.45) is 3.97. The first-order chi connectivity index (χ1) is 13.4. The van der Waals surface area contributed by atoms with Gasteiger partial charge >= 0.3 is 0 Å². The summed E-state index contributed by atoms with van der Waals surface area (Å²) in [6.45, 7) is 0.259. The number of rotatable bonds is 6. The van der Waals surface area contributed by atoms with E-state index >= 15 is 0 Å². The van der Waals surface area contributed by atoms with Gasteiger partial charge in [-0.25, -0.2) is 13.3 Å². The molecule has 0 saturated heterocycles. The van der Waals surface area contributed by atoms with Gasteiger partial charge in [0.1, 0.15) is 5.82 Å². The summed E-state index contributed by atoms with van der Waals surface area (Å²) in [7, 11) is -4.09. The van der Waals surface area contributed by atoms with Gasteiger partial charge in [-0.3, -0.25) is 4.40 Å². The zero-order chi connectivity index (χ0) is 19.9. The molecule has 8 nitrogen and oxygen atoms in total. The molecule has 28 heavy (non-hydrogen) atoms. The molecule has 4 rings (SSSR count). The van der Waals surface area contributed by atoms with Gasteiger partial charge in [-0.05, 0) is 42.1 Å². The molecule has 3 aromatic heterocycles. The molecule has 0 radical (unpaired) electrons.